The molecule has 0 aliphatic rings. The molecule has 0 amide bonds. The Kier molecular flexibility index (Phi) is 5.10. The first-order valence-electron chi connectivity index (χ1n) is 8.03. The third-order valence-corrected chi connectivity index (χ3v) is 6.58. The van der Waals surface area contributed by atoms with Gasteiger partial charge >= 0.3 is 0 Å². The van der Waals surface area contributed by atoms with Crippen molar-refractivity contribution in [2.45, 2.75) is 6.92 Å². The van der Waals surface area contributed by atoms with Crippen LogP contribution in [-0.2, 0) is 4.57 Å². The van der Waals surface area contributed by atoms with E-state index >= 15 is 0 Å². The van der Waals surface area contributed by atoms with Gasteiger partial charge in [0, 0.05) is 28.5 Å². The van der Waals surface area contributed by atoms with E-state index in [4.69, 9.17) is 0 Å². The predicted molar refractivity (Wildman–Crippen MR) is 105 cm³/mol. The first-order valence-corrected chi connectivity index (χ1v) is 9.69. The van der Waals surface area contributed by atoms with E-state index in [1.807, 2.05) is 36.4 Å². The topological polar surface area (TPSA) is 72.6 Å². The van der Waals surface area contributed by atoms with Crippen LogP contribution < -0.4 is 10.6 Å². The van der Waals surface area contributed by atoms with Gasteiger partial charge in [0.05, 0.1) is 4.92 Å². The maximum absolute atomic E-state index is 13.9. The van der Waals surface area contributed by atoms with Crippen LogP contribution in [0.15, 0.2) is 89.7 Å². The summed E-state index contributed by atoms with van der Waals surface area (Å²) < 4.78 is 18.5. The van der Waals surface area contributed by atoms with Crippen molar-refractivity contribution in [1.29, 1.82) is 0 Å². The van der Waals surface area contributed by atoms with Crippen molar-refractivity contribution in [2.75, 3.05) is 0 Å². The van der Waals surface area contributed by atoms with Gasteiger partial charge in [-0.2, -0.15) is 0 Å². The molecule has 5 nitrogen and oxygen atoms in total. The quantitative estimate of drug-likeness (QED) is 0.293. The molecule has 6 heteroatoms. The monoisotopic (exact) mass is 364 g/mol. The first kappa shape index (κ1) is 17.8. The molecule has 3 aromatic carbocycles. The Balaban J connectivity index is 2.09. The molecule has 0 N–H and O–H groups in total. The molecule has 0 bridgehead atoms. The Morgan fingerprint density at radius 1 is 0.846 bits per heavy atom. The van der Waals surface area contributed by atoms with Crippen LogP contribution in [0.5, 0.6) is 0 Å². The van der Waals surface area contributed by atoms with E-state index in [1.54, 1.807) is 43.3 Å². The van der Waals surface area contributed by atoms with Gasteiger partial charge in [-0.3, -0.25) is 14.7 Å². The van der Waals surface area contributed by atoms with Crippen LogP contribution in [0, 0.1) is 10.1 Å². The number of nitro benzene ring substituents is 1. The van der Waals surface area contributed by atoms with Crippen LogP contribution in [0.1, 0.15) is 12.5 Å². The van der Waals surface area contributed by atoms with E-state index in [-0.39, 0.29) is 5.69 Å². The van der Waals surface area contributed by atoms with E-state index in [0.29, 0.717) is 21.9 Å². The smallest absolute Gasteiger partial charge is 0.269 e. The fraction of sp³-hybridized carbons (Fsp3) is 0.0500. The summed E-state index contributed by atoms with van der Waals surface area (Å²) in [6, 6.07) is 24.4. The Labute approximate surface area is 151 Å². The molecular weight excluding hydrogens is 347 g/mol. The highest BCUT2D eigenvalue weighted by Gasteiger charge is 2.26. The summed E-state index contributed by atoms with van der Waals surface area (Å²) in [6.45, 7) is 1.76. The molecule has 130 valence electrons. The van der Waals surface area contributed by atoms with Crippen molar-refractivity contribution in [2.24, 2.45) is 4.76 Å². The zero-order valence-corrected chi connectivity index (χ0v) is 15.0. The van der Waals surface area contributed by atoms with E-state index in [0.717, 1.165) is 0 Å². The van der Waals surface area contributed by atoms with E-state index < -0.39 is 12.2 Å². The van der Waals surface area contributed by atoms with Crippen LogP contribution >= 0.6 is 7.29 Å². The molecular formula is C20H17N2O3P. The molecule has 26 heavy (non-hydrogen) atoms. The summed E-state index contributed by atoms with van der Waals surface area (Å²) in [5, 5.41) is 12.1. The van der Waals surface area contributed by atoms with Crippen LogP contribution in [0.25, 0.3) is 0 Å². The SMILES string of the molecule is C/C(=N\P(=O)(c1ccccc1)c1ccccc1)c1ccc([N+](=O)[O-])cc1. The number of hydrogen-bond donors (Lipinski definition) is 0. The minimum atomic E-state index is -3.22. The minimum Gasteiger partial charge on any atom is -0.288 e. The van der Waals surface area contributed by atoms with Crippen LogP contribution in [-0.4, -0.2) is 10.6 Å². The Bertz CT molecular complexity index is 941. The lowest BCUT2D eigenvalue weighted by molar-refractivity contribution is -0.384. The second-order valence-corrected chi connectivity index (χ2v) is 8.12. The molecule has 3 aromatic rings. The summed E-state index contributed by atoms with van der Waals surface area (Å²) >= 11 is 0. The van der Waals surface area contributed by atoms with Crippen molar-refractivity contribution < 1.29 is 9.49 Å². The lowest BCUT2D eigenvalue weighted by Crippen LogP contribution is -2.15. The molecule has 0 unspecified atom stereocenters. The number of nitro groups is 1. The lowest BCUT2D eigenvalue weighted by atomic mass is 10.1. The minimum absolute atomic E-state index is 0.0100. The van der Waals surface area contributed by atoms with Crippen molar-refractivity contribution in [3.63, 3.8) is 0 Å². The number of non-ortho nitro benzene ring substituents is 1. The third kappa shape index (κ3) is 3.63. The van der Waals surface area contributed by atoms with Gasteiger partial charge in [0.15, 0.2) is 0 Å². The predicted octanol–water partition coefficient (Wildman–Crippen LogP) is 4.33. The molecule has 0 saturated heterocycles. The fourth-order valence-corrected chi connectivity index (χ4v) is 4.84. The highest BCUT2D eigenvalue weighted by Crippen LogP contribution is 2.45. The zero-order valence-electron chi connectivity index (χ0n) is 14.1. The summed E-state index contributed by atoms with van der Waals surface area (Å²) in [6.07, 6.45) is 0. The maximum Gasteiger partial charge on any atom is 0.269 e. The summed E-state index contributed by atoms with van der Waals surface area (Å²) in [5.41, 5.74) is 1.27. The number of rotatable bonds is 5. The van der Waals surface area contributed by atoms with E-state index in [1.165, 1.54) is 12.1 Å². The number of hydrogen-bond acceptors (Lipinski definition) is 3. The molecule has 0 atom stereocenters. The standard InChI is InChI=1S/C20H17N2O3P/c1-16(17-12-14-18(15-13-17)22(23)24)21-26(25,19-8-4-2-5-9-19)20-10-6-3-7-11-20/h2-15H,1H3/b21-16+. The van der Waals surface area contributed by atoms with Gasteiger partial charge in [-0.15, -0.1) is 0 Å². The molecule has 0 spiro atoms. The Morgan fingerprint density at radius 2 is 1.31 bits per heavy atom. The molecule has 0 aliphatic carbocycles. The average molecular weight is 364 g/mol. The van der Waals surface area contributed by atoms with Gasteiger partial charge in [0.2, 0.25) is 7.29 Å². The maximum atomic E-state index is 13.9. The Morgan fingerprint density at radius 3 is 1.73 bits per heavy atom. The van der Waals surface area contributed by atoms with E-state index in [9.17, 15) is 14.7 Å². The highest BCUT2D eigenvalue weighted by molar-refractivity contribution is 7.77. The molecule has 0 fully saturated rings. The molecule has 3 rings (SSSR count). The number of nitrogens with zero attached hydrogens (tertiary/aromatic N) is 2. The lowest BCUT2D eigenvalue weighted by Gasteiger charge is -2.16. The largest absolute Gasteiger partial charge is 0.288 e. The van der Waals surface area contributed by atoms with Gasteiger partial charge in [-0.25, -0.2) is 4.76 Å². The fourth-order valence-electron chi connectivity index (χ4n) is 2.62. The molecule has 0 aromatic heterocycles. The summed E-state index contributed by atoms with van der Waals surface area (Å²) in [4.78, 5) is 10.4. The molecule has 0 radical (unpaired) electrons. The van der Waals surface area contributed by atoms with Crippen molar-refractivity contribution in [3.8, 4) is 0 Å². The third-order valence-electron chi connectivity index (χ3n) is 4.00. The molecule has 0 saturated carbocycles. The highest BCUT2D eigenvalue weighted by atomic mass is 31.2. The first-order chi connectivity index (χ1) is 12.5. The van der Waals surface area contributed by atoms with Crippen LogP contribution in [0.2, 0.25) is 0 Å². The summed E-state index contributed by atoms with van der Waals surface area (Å²) in [5.74, 6) is 0. The zero-order chi connectivity index (χ0) is 18.6. The molecule has 0 heterocycles. The van der Waals surface area contributed by atoms with Crippen LogP contribution in [0.3, 0.4) is 0 Å². The van der Waals surface area contributed by atoms with Gasteiger partial charge < -0.3 is 0 Å². The normalized spacial score (nSPS) is 12.0. The number of benzene rings is 3. The van der Waals surface area contributed by atoms with Crippen LogP contribution in [0.4, 0.5) is 5.69 Å². The average Bonchev–Trinajstić information content (AvgIpc) is 2.69. The second-order valence-electron chi connectivity index (χ2n) is 5.74. The summed E-state index contributed by atoms with van der Waals surface area (Å²) in [7, 11) is -3.22. The molecule has 0 aliphatic heterocycles. The van der Waals surface area contributed by atoms with E-state index in [2.05, 4.69) is 4.76 Å². The van der Waals surface area contributed by atoms with Crippen molar-refractivity contribution >= 4 is 29.3 Å². The van der Waals surface area contributed by atoms with Gasteiger partial charge in [-0.1, -0.05) is 36.4 Å². The Hall–Kier alpha value is -3.04. The van der Waals surface area contributed by atoms with Gasteiger partial charge in [0.1, 0.15) is 0 Å². The second kappa shape index (κ2) is 7.46. The van der Waals surface area contributed by atoms with Gasteiger partial charge in [-0.05, 0) is 48.9 Å². The van der Waals surface area contributed by atoms with Gasteiger partial charge in [0.25, 0.3) is 5.69 Å². The van der Waals surface area contributed by atoms with Crippen molar-refractivity contribution in [3.05, 3.63) is 101 Å². The van der Waals surface area contributed by atoms with Crippen molar-refractivity contribution in [1.82, 2.24) is 0 Å².